The average molecular weight is 264 g/mol. The Labute approximate surface area is 113 Å². The molecule has 1 rings (SSSR count). The number of hydrogen-bond acceptors (Lipinski definition) is 3. The van der Waals surface area contributed by atoms with Crippen LogP contribution in [0, 0.1) is 5.41 Å². The highest BCUT2D eigenvalue weighted by Gasteiger charge is 2.46. The van der Waals surface area contributed by atoms with Gasteiger partial charge in [0.05, 0.1) is 6.61 Å². The molecular formula is C15H20O4. The second kappa shape index (κ2) is 6.92. The zero-order valence-electron chi connectivity index (χ0n) is 11.4. The highest BCUT2D eigenvalue weighted by molar-refractivity contribution is 5.99. The van der Waals surface area contributed by atoms with Gasteiger partial charge in [-0.25, -0.2) is 0 Å². The number of benzene rings is 1. The summed E-state index contributed by atoms with van der Waals surface area (Å²) in [4.78, 5) is 23.7. The Balaban J connectivity index is 3.09. The van der Waals surface area contributed by atoms with E-state index in [1.165, 1.54) is 0 Å². The molecule has 0 amide bonds. The summed E-state index contributed by atoms with van der Waals surface area (Å²) in [6, 6.07) is 9.17. The molecule has 0 spiro atoms. The van der Waals surface area contributed by atoms with Crippen LogP contribution in [0.4, 0.5) is 0 Å². The van der Waals surface area contributed by atoms with E-state index in [2.05, 4.69) is 0 Å². The standard InChI is InChI=1S/C15H20O4/c1-3-10-15(13(16)17,14(18)19-4-2)11-12-8-6-5-7-9-12/h5-9H,3-4,10-11H2,1-2H3,(H,16,17). The molecule has 0 aromatic heterocycles. The van der Waals surface area contributed by atoms with Gasteiger partial charge in [0.1, 0.15) is 0 Å². The Hall–Kier alpha value is -1.84. The van der Waals surface area contributed by atoms with Gasteiger partial charge < -0.3 is 9.84 Å². The summed E-state index contributed by atoms with van der Waals surface area (Å²) in [7, 11) is 0. The van der Waals surface area contributed by atoms with E-state index >= 15 is 0 Å². The van der Waals surface area contributed by atoms with Crippen LogP contribution in [-0.2, 0) is 20.7 Å². The molecule has 1 aromatic rings. The monoisotopic (exact) mass is 264 g/mol. The Morgan fingerprint density at radius 3 is 2.32 bits per heavy atom. The van der Waals surface area contributed by atoms with Gasteiger partial charge in [-0.1, -0.05) is 43.7 Å². The minimum absolute atomic E-state index is 0.163. The van der Waals surface area contributed by atoms with Gasteiger partial charge in [0.15, 0.2) is 5.41 Å². The Bertz CT molecular complexity index is 427. The van der Waals surface area contributed by atoms with Gasteiger partial charge in [0, 0.05) is 0 Å². The second-order valence-electron chi connectivity index (χ2n) is 4.52. The van der Waals surface area contributed by atoms with Crippen molar-refractivity contribution >= 4 is 11.9 Å². The molecule has 0 saturated heterocycles. The summed E-state index contributed by atoms with van der Waals surface area (Å²) < 4.78 is 4.97. The Morgan fingerprint density at radius 1 is 1.21 bits per heavy atom. The molecule has 0 saturated carbocycles. The average Bonchev–Trinajstić information content (AvgIpc) is 2.39. The van der Waals surface area contributed by atoms with Crippen LogP contribution >= 0.6 is 0 Å². The van der Waals surface area contributed by atoms with Crippen molar-refractivity contribution in [1.29, 1.82) is 0 Å². The van der Waals surface area contributed by atoms with Crippen LogP contribution in [0.2, 0.25) is 0 Å². The van der Waals surface area contributed by atoms with E-state index in [1.807, 2.05) is 37.3 Å². The maximum absolute atomic E-state index is 12.1. The lowest BCUT2D eigenvalue weighted by atomic mass is 9.78. The SMILES string of the molecule is CCCC(Cc1ccccc1)(C(=O)O)C(=O)OCC. The number of carbonyl (C=O) groups excluding carboxylic acids is 1. The number of esters is 1. The fraction of sp³-hybridized carbons (Fsp3) is 0.467. The number of aliphatic carboxylic acids is 1. The van der Waals surface area contributed by atoms with Crippen LogP contribution in [0.5, 0.6) is 0 Å². The maximum Gasteiger partial charge on any atom is 0.323 e. The number of rotatable bonds is 7. The van der Waals surface area contributed by atoms with Gasteiger partial charge in [0.25, 0.3) is 0 Å². The van der Waals surface area contributed by atoms with Crippen LogP contribution in [0.25, 0.3) is 0 Å². The van der Waals surface area contributed by atoms with Crippen molar-refractivity contribution in [2.75, 3.05) is 6.61 Å². The van der Waals surface area contributed by atoms with E-state index in [9.17, 15) is 14.7 Å². The van der Waals surface area contributed by atoms with E-state index in [-0.39, 0.29) is 19.4 Å². The van der Waals surface area contributed by atoms with Gasteiger partial charge in [0.2, 0.25) is 0 Å². The third-order valence-corrected chi connectivity index (χ3v) is 3.10. The molecule has 1 N–H and O–H groups in total. The first-order chi connectivity index (χ1) is 9.06. The number of carboxylic acid groups (broad SMARTS) is 1. The normalized spacial score (nSPS) is 13.6. The predicted molar refractivity (Wildman–Crippen MR) is 71.8 cm³/mol. The number of hydrogen-bond donors (Lipinski definition) is 1. The van der Waals surface area contributed by atoms with Crippen LogP contribution < -0.4 is 0 Å². The van der Waals surface area contributed by atoms with Crippen molar-refractivity contribution in [3.8, 4) is 0 Å². The quantitative estimate of drug-likeness (QED) is 0.607. The molecule has 4 nitrogen and oxygen atoms in total. The highest BCUT2D eigenvalue weighted by Crippen LogP contribution is 2.31. The molecule has 0 aliphatic carbocycles. The largest absolute Gasteiger partial charge is 0.480 e. The predicted octanol–water partition coefficient (Wildman–Crippen LogP) is 2.66. The number of ether oxygens (including phenoxy) is 1. The zero-order valence-corrected chi connectivity index (χ0v) is 11.4. The Morgan fingerprint density at radius 2 is 1.84 bits per heavy atom. The summed E-state index contributed by atoms with van der Waals surface area (Å²) in [6.07, 6.45) is 1.05. The van der Waals surface area contributed by atoms with Crippen molar-refractivity contribution in [2.24, 2.45) is 5.41 Å². The maximum atomic E-state index is 12.1. The molecular weight excluding hydrogens is 244 g/mol. The Kier molecular flexibility index (Phi) is 5.55. The minimum Gasteiger partial charge on any atom is -0.480 e. The lowest BCUT2D eigenvalue weighted by Crippen LogP contribution is -2.42. The second-order valence-corrected chi connectivity index (χ2v) is 4.52. The van der Waals surface area contributed by atoms with Crippen molar-refractivity contribution in [3.05, 3.63) is 35.9 Å². The fourth-order valence-electron chi connectivity index (χ4n) is 2.17. The molecule has 1 aromatic carbocycles. The summed E-state index contributed by atoms with van der Waals surface area (Å²) in [5.41, 5.74) is -0.655. The summed E-state index contributed by atoms with van der Waals surface area (Å²) in [6.45, 7) is 3.73. The molecule has 104 valence electrons. The van der Waals surface area contributed by atoms with E-state index in [0.717, 1.165) is 5.56 Å². The first-order valence-electron chi connectivity index (χ1n) is 6.51. The lowest BCUT2D eigenvalue weighted by molar-refractivity contribution is -0.169. The van der Waals surface area contributed by atoms with Crippen LogP contribution in [-0.4, -0.2) is 23.7 Å². The van der Waals surface area contributed by atoms with Crippen molar-refractivity contribution in [2.45, 2.75) is 33.1 Å². The van der Waals surface area contributed by atoms with E-state index in [0.29, 0.717) is 6.42 Å². The van der Waals surface area contributed by atoms with Gasteiger partial charge in [-0.3, -0.25) is 9.59 Å². The number of carbonyl (C=O) groups is 2. The van der Waals surface area contributed by atoms with E-state index < -0.39 is 17.4 Å². The minimum atomic E-state index is -1.48. The van der Waals surface area contributed by atoms with Gasteiger partial charge in [-0.05, 0) is 25.3 Å². The van der Waals surface area contributed by atoms with Crippen LogP contribution in [0.3, 0.4) is 0 Å². The molecule has 0 radical (unpaired) electrons. The number of carboxylic acids is 1. The molecule has 19 heavy (non-hydrogen) atoms. The smallest absolute Gasteiger partial charge is 0.323 e. The van der Waals surface area contributed by atoms with E-state index in [1.54, 1.807) is 6.92 Å². The van der Waals surface area contributed by atoms with Crippen molar-refractivity contribution in [1.82, 2.24) is 0 Å². The third-order valence-electron chi connectivity index (χ3n) is 3.10. The van der Waals surface area contributed by atoms with Crippen LogP contribution in [0.15, 0.2) is 30.3 Å². The molecule has 1 unspecified atom stereocenters. The highest BCUT2D eigenvalue weighted by atomic mass is 16.5. The zero-order chi connectivity index (χ0) is 14.3. The topological polar surface area (TPSA) is 63.6 Å². The molecule has 0 bridgehead atoms. The summed E-state index contributed by atoms with van der Waals surface area (Å²) in [5, 5.41) is 9.51. The molecule has 1 atom stereocenters. The molecule has 0 aliphatic rings. The summed E-state index contributed by atoms with van der Waals surface area (Å²) in [5.74, 6) is -1.76. The first kappa shape index (κ1) is 15.2. The molecule has 4 heteroatoms. The molecule has 0 aliphatic heterocycles. The molecule has 0 fully saturated rings. The van der Waals surface area contributed by atoms with Crippen LogP contribution in [0.1, 0.15) is 32.3 Å². The van der Waals surface area contributed by atoms with Gasteiger partial charge in [-0.15, -0.1) is 0 Å². The van der Waals surface area contributed by atoms with E-state index in [4.69, 9.17) is 4.74 Å². The first-order valence-corrected chi connectivity index (χ1v) is 6.51. The van der Waals surface area contributed by atoms with Crippen molar-refractivity contribution < 1.29 is 19.4 Å². The van der Waals surface area contributed by atoms with Crippen molar-refractivity contribution in [3.63, 3.8) is 0 Å². The van der Waals surface area contributed by atoms with Gasteiger partial charge in [-0.2, -0.15) is 0 Å². The summed E-state index contributed by atoms with van der Waals surface area (Å²) >= 11 is 0. The third kappa shape index (κ3) is 3.56. The fourth-order valence-corrected chi connectivity index (χ4v) is 2.17. The molecule has 0 heterocycles. The lowest BCUT2D eigenvalue weighted by Gasteiger charge is -2.26. The van der Waals surface area contributed by atoms with Gasteiger partial charge >= 0.3 is 11.9 Å².